The van der Waals surface area contributed by atoms with Crippen molar-refractivity contribution in [2.75, 3.05) is 16.8 Å². The fourth-order valence-corrected chi connectivity index (χ4v) is 3.52. The molecule has 108 valence electrons. The number of carbonyl (C=O) groups is 1. The topological polar surface area (TPSA) is 32.3 Å². The second-order valence-electron chi connectivity index (χ2n) is 5.30. The van der Waals surface area contributed by atoms with Gasteiger partial charge in [0.1, 0.15) is 0 Å². The lowest BCUT2D eigenvalue weighted by molar-refractivity contribution is 0.256. The number of hydrogen-bond donors (Lipinski definition) is 1. The number of para-hydroxylation sites is 1. The molecule has 1 aliphatic heterocycles. The minimum Gasteiger partial charge on any atom is -0.308 e. The number of aryl methyl sites for hydroxylation is 1. The zero-order valence-electron chi connectivity index (χ0n) is 12.2. The number of carbonyl (C=O) groups excluding carboxylic acids is 1. The number of benzene rings is 2. The Bertz CT molecular complexity index is 654. The van der Waals surface area contributed by atoms with E-state index in [1.54, 1.807) is 0 Å². The van der Waals surface area contributed by atoms with Gasteiger partial charge in [-0.05, 0) is 31.2 Å². The molecule has 0 unspecified atom stereocenters. The van der Waals surface area contributed by atoms with Crippen LogP contribution >= 0.6 is 11.8 Å². The van der Waals surface area contributed by atoms with E-state index in [0.717, 1.165) is 22.8 Å². The molecule has 0 fully saturated rings. The Hall–Kier alpha value is -1.94. The van der Waals surface area contributed by atoms with Crippen molar-refractivity contribution >= 4 is 29.2 Å². The van der Waals surface area contributed by atoms with Gasteiger partial charge in [0.25, 0.3) is 0 Å². The first kappa shape index (κ1) is 14.0. The maximum atomic E-state index is 12.6. The Kier molecular flexibility index (Phi) is 3.88. The SMILES string of the molecule is Cc1ccc(NC(=O)N2C[C@@H](C)Sc3ccccc32)cc1. The van der Waals surface area contributed by atoms with E-state index in [2.05, 4.69) is 18.3 Å². The summed E-state index contributed by atoms with van der Waals surface area (Å²) in [6.45, 7) is 4.90. The van der Waals surface area contributed by atoms with Crippen molar-refractivity contribution < 1.29 is 4.79 Å². The van der Waals surface area contributed by atoms with Crippen LogP contribution in [0.4, 0.5) is 16.2 Å². The molecule has 0 aliphatic carbocycles. The predicted octanol–water partition coefficient (Wildman–Crippen LogP) is 4.53. The van der Waals surface area contributed by atoms with Crippen LogP contribution in [0.2, 0.25) is 0 Å². The number of anilines is 2. The summed E-state index contributed by atoms with van der Waals surface area (Å²) < 4.78 is 0. The van der Waals surface area contributed by atoms with Gasteiger partial charge in [0.05, 0.1) is 5.69 Å². The molecule has 2 aromatic rings. The van der Waals surface area contributed by atoms with Gasteiger partial charge in [-0.15, -0.1) is 11.8 Å². The smallest absolute Gasteiger partial charge is 0.308 e. The fourth-order valence-electron chi connectivity index (χ4n) is 2.41. The van der Waals surface area contributed by atoms with Crippen LogP contribution in [-0.2, 0) is 0 Å². The lowest BCUT2D eigenvalue weighted by Crippen LogP contribution is -2.41. The Morgan fingerprint density at radius 1 is 1.19 bits per heavy atom. The second-order valence-corrected chi connectivity index (χ2v) is 6.78. The molecule has 1 atom stereocenters. The molecule has 1 aliphatic rings. The number of rotatable bonds is 1. The van der Waals surface area contributed by atoms with Gasteiger partial charge in [-0.25, -0.2) is 4.79 Å². The minimum atomic E-state index is -0.0709. The van der Waals surface area contributed by atoms with Crippen LogP contribution in [0.5, 0.6) is 0 Å². The Morgan fingerprint density at radius 3 is 2.67 bits per heavy atom. The molecule has 3 nitrogen and oxygen atoms in total. The first-order valence-corrected chi connectivity index (χ1v) is 7.92. The van der Waals surface area contributed by atoms with E-state index in [0.29, 0.717) is 5.25 Å². The molecule has 21 heavy (non-hydrogen) atoms. The van der Waals surface area contributed by atoms with E-state index in [1.165, 1.54) is 5.56 Å². The summed E-state index contributed by atoms with van der Waals surface area (Å²) in [5.74, 6) is 0. The average Bonchev–Trinajstić information content (AvgIpc) is 2.48. The number of nitrogens with zero attached hydrogens (tertiary/aromatic N) is 1. The molecule has 0 saturated carbocycles. The highest BCUT2D eigenvalue weighted by atomic mass is 32.2. The molecular formula is C17H18N2OS. The van der Waals surface area contributed by atoms with Crippen molar-refractivity contribution in [2.24, 2.45) is 0 Å². The summed E-state index contributed by atoms with van der Waals surface area (Å²) in [6.07, 6.45) is 0. The number of fused-ring (bicyclic) bond motifs is 1. The molecule has 2 amide bonds. The van der Waals surface area contributed by atoms with Crippen LogP contribution < -0.4 is 10.2 Å². The van der Waals surface area contributed by atoms with Crippen LogP contribution in [0, 0.1) is 6.92 Å². The molecule has 4 heteroatoms. The lowest BCUT2D eigenvalue weighted by atomic mass is 10.2. The Balaban J connectivity index is 1.83. The van der Waals surface area contributed by atoms with Gasteiger partial charge < -0.3 is 5.32 Å². The molecule has 2 aromatic carbocycles. The predicted molar refractivity (Wildman–Crippen MR) is 89.3 cm³/mol. The first-order chi connectivity index (χ1) is 10.1. The van der Waals surface area contributed by atoms with Crippen LogP contribution in [0.1, 0.15) is 12.5 Å². The van der Waals surface area contributed by atoms with Gasteiger partial charge in [-0.3, -0.25) is 4.90 Å². The molecule has 0 saturated heterocycles. The highest BCUT2D eigenvalue weighted by Crippen LogP contribution is 2.38. The average molecular weight is 298 g/mol. The standard InChI is InChI=1S/C17H18N2OS/c1-12-7-9-14(10-8-12)18-17(20)19-11-13(2)21-16-6-4-3-5-15(16)19/h3-10,13H,11H2,1-2H3,(H,18,20)/t13-/m1/s1. The quantitative estimate of drug-likeness (QED) is 0.839. The van der Waals surface area contributed by atoms with Crippen molar-refractivity contribution in [2.45, 2.75) is 24.0 Å². The minimum absolute atomic E-state index is 0.0709. The molecule has 1 heterocycles. The summed E-state index contributed by atoms with van der Waals surface area (Å²) in [5, 5.41) is 3.37. The number of nitrogens with one attached hydrogen (secondary N) is 1. The van der Waals surface area contributed by atoms with E-state index in [1.807, 2.05) is 66.1 Å². The van der Waals surface area contributed by atoms with Crippen LogP contribution in [0.15, 0.2) is 53.4 Å². The largest absolute Gasteiger partial charge is 0.326 e. The van der Waals surface area contributed by atoms with Gasteiger partial charge in [0, 0.05) is 22.4 Å². The number of hydrogen-bond acceptors (Lipinski definition) is 2. The van der Waals surface area contributed by atoms with E-state index in [4.69, 9.17) is 0 Å². The van der Waals surface area contributed by atoms with Gasteiger partial charge in [-0.1, -0.05) is 36.8 Å². The maximum Gasteiger partial charge on any atom is 0.326 e. The van der Waals surface area contributed by atoms with Crippen LogP contribution in [-0.4, -0.2) is 17.8 Å². The molecule has 0 spiro atoms. The van der Waals surface area contributed by atoms with Crippen molar-refractivity contribution in [3.63, 3.8) is 0 Å². The zero-order valence-corrected chi connectivity index (χ0v) is 13.0. The van der Waals surface area contributed by atoms with Crippen LogP contribution in [0.25, 0.3) is 0 Å². The summed E-state index contributed by atoms with van der Waals surface area (Å²) in [7, 11) is 0. The molecular weight excluding hydrogens is 280 g/mol. The normalized spacial score (nSPS) is 17.2. The maximum absolute atomic E-state index is 12.6. The van der Waals surface area contributed by atoms with Gasteiger partial charge in [0.15, 0.2) is 0 Å². The Morgan fingerprint density at radius 2 is 1.90 bits per heavy atom. The molecule has 3 rings (SSSR count). The van der Waals surface area contributed by atoms with Gasteiger partial charge in [-0.2, -0.15) is 0 Å². The third-order valence-corrected chi connectivity index (χ3v) is 4.62. The van der Waals surface area contributed by atoms with Gasteiger partial charge in [0.2, 0.25) is 0 Å². The highest BCUT2D eigenvalue weighted by molar-refractivity contribution is 8.00. The third kappa shape index (κ3) is 3.05. The van der Waals surface area contributed by atoms with Crippen LogP contribution in [0.3, 0.4) is 0 Å². The summed E-state index contributed by atoms with van der Waals surface area (Å²) in [4.78, 5) is 15.6. The summed E-state index contributed by atoms with van der Waals surface area (Å²) in [5.41, 5.74) is 3.00. The van der Waals surface area contributed by atoms with Crippen molar-refractivity contribution in [3.8, 4) is 0 Å². The Labute approximate surface area is 129 Å². The highest BCUT2D eigenvalue weighted by Gasteiger charge is 2.26. The van der Waals surface area contributed by atoms with E-state index < -0.39 is 0 Å². The number of amides is 2. The first-order valence-electron chi connectivity index (χ1n) is 7.04. The zero-order chi connectivity index (χ0) is 14.8. The third-order valence-electron chi connectivity index (χ3n) is 3.47. The second kappa shape index (κ2) is 5.82. The monoisotopic (exact) mass is 298 g/mol. The molecule has 0 aromatic heterocycles. The molecule has 0 radical (unpaired) electrons. The summed E-state index contributed by atoms with van der Waals surface area (Å²) in [6, 6.07) is 15.9. The summed E-state index contributed by atoms with van der Waals surface area (Å²) >= 11 is 1.82. The number of urea groups is 1. The van der Waals surface area contributed by atoms with E-state index >= 15 is 0 Å². The number of thioether (sulfide) groups is 1. The van der Waals surface area contributed by atoms with Crippen molar-refractivity contribution in [3.05, 3.63) is 54.1 Å². The fraction of sp³-hybridized carbons (Fsp3) is 0.235. The lowest BCUT2D eigenvalue weighted by Gasteiger charge is -2.32. The van der Waals surface area contributed by atoms with Gasteiger partial charge >= 0.3 is 6.03 Å². The molecule has 1 N–H and O–H groups in total. The van der Waals surface area contributed by atoms with Crippen molar-refractivity contribution in [1.29, 1.82) is 0 Å². The van der Waals surface area contributed by atoms with E-state index in [-0.39, 0.29) is 6.03 Å². The van der Waals surface area contributed by atoms with Crippen molar-refractivity contribution in [1.82, 2.24) is 0 Å². The van der Waals surface area contributed by atoms with E-state index in [9.17, 15) is 4.79 Å². The molecule has 0 bridgehead atoms.